The van der Waals surface area contributed by atoms with E-state index in [0.717, 1.165) is 33.4 Å². The molecule has 0 radical (unpaired) electrons. The van der Waals surface area contributed by atoms with E-state index in [4.69, 9.17) is 15.0 Å². The Kier molecular flexibility index (Phi) is 7.35. The zero-order chi connectivity index (χ0) is 37.2. The Bertz CT molecular complexity index is 3000. The number of nitriles is 1. The van der Waals surface area contributed by atoms with Crippen LogP contribution in [0.2, 0.25) is 0 Å². The van der Waals surface area contributed by atoms with E-state index in [9.17, 15) is 5.26 Å². The largest absolute Gasteiger partial charge is 0.208 e. The van der Waals surface area contributed by atoms with Crippen molar-refractivity contribution in [3.05, 3.63) is 210 Å². The number of aromatic nitrogens is 3. The van der Waals surface area contributed by atoms with Crippen LogP contribution < -0.4 is 0 Å². The molecule has 0 amide bonds. The highest BCUT2D eigenvalue weighted by atomic mass is 32.2. The lowest BCUT2D eigenvalue weighted by atomic mass is 9.66. The number of fused-ring (bicyclic) bond motifs is 11. The van der Waals surface area contributed by atoms with E-state index in [1.165, 1.54) is 48.4 Å². The number of hydrogen-bond acceptors (Lipinski definition) is 5. The molecule has 0 saturated carbocycles. The Morgan fingerprint density at radius 3 is 1.68 bits per heavy atom. The molecule has 4 nitrogen and oxygen atoms in total. The minimum Gasteiger partial charge on any atom is -0.208 e. The lowest BCUT2D eigenvalue weighted by Gasteiger charge is -2.40. The van der Waals surface area contributed by atoms with Crippen molar-refractivity contribution < 1.29 is 0 Å². The van der Waals surface area contributed by atoms with Gasteiger partial charge in [-0.1, -0.05) is 163 Å². The molecule has 1 unspecified atom stereocenters. The molecule has 5 heteroatoms. The molecule has 8 aromatic carbocycles. The molecule has 1 atom stereocenters. The maximum Gasteiger partial charge on any atom is 0.164 e. The van der Waals surface area contributed by atoms with E-state index in [-0.39, 0.29) is 0 Å². The van der Waals surface area contributed by atoms with Crippen LogP contribution in [-0.4, -0.2) is 15.0 Å². The maximum atomic E-state index is 10.2. The number of benzene rings is 8. The van der Waals surface area contributed by atoms with E-state index >= 15 is 0 Å². The van der Waals surface area contributed by atoms with Crippen LogP contribution in [0.25, 0.3) is 67.2 Å². The normalized spacial score (nSPS) is 14.8. The molecule has 260 valence electrons. The van der Waals surface area contributed by atoms with Crippen LogP contribution in [0, 0.1) is 11.3 Å². The maximum absolute atomic E-state index is 10.2. The van der Waals surface area contributed by atoms with Crippen molar-refractivity contribution >= 4 is 22.5 Å². The molecule has 1 aromatic heterocycles. The monoisotopic (exact) mass is 730 g/mol. The summed E-state index contributed by atoms with van der Waals surface area (Å²) in [7, 11) is 0. The minimum atomic E-state index is -0.610. The molecule has 9 aromatic rings. The molecule has 11 rings (SSSR count). The lowest BCUT2D eigenvalue weighted by Crippen LogP contribution is -2.32. The topological polar surface area (TPSA) is 62.5 Å². The van der Waals surface area contributed by atoms with Crippen LogP contribution in [-0.2, 0) is 5.41 Å². The third kappa shape index (κ3) is 4.90. The van der Waals surface area contributed by atoms with Gasteiger partial charge in [0.15, 0.2) is 17.5 Å². The molecule has 2 heterocycles. The fourth-order valence-corrected chi connectivity index (χ4v) is 9.87. The van der Waals surface area contributed by atoms with Gasteiger partial charge >= 0.3 is 0 Å². The molecule has 1 aliphatic heterocycles. The lowest BCUT2D eigenvalue weighted by molar-refractivity contribution is 0.723. The van der Waals surface area contributed by atoms with Gasteiger partial charge in [-0.05, 0) is 85.6 Å². The highest BCUT2D eigenvalue weighted by Crippen LogP contribution is 2.63. The predicted octanol–water partition coefficient (Wildman–Crippen LogP) is 12.4. The smallest absolute Gasteiger partial charge is 0.164 e. The SMILES string of the molecule is N#Cc1ccc2c(c1)C1(c3cc(-c4ccc(-c5nc(-c6ccccc6)nc(-c6ccccc6)n5)cc4)ccc3S2)c2ccccc2-c2c1ccc1ccccc21. The van der Waals surface area contributed by atoms with Gasteiger partial charge in [-0.3, -0.25) is 0 Å². The van der Waals surface area contributed by atoms with Gasteiger partial charge in [-0.25, -0.2) is 15.0 Å². The molecule has 0 bridgehead atoms. The van der Waals surface area contributed by atoms with Crippen LogP contribution in [0.4, 0.5) is 0 Å². The second-order valence-corrected chi connectivity index (χ2v) is 15.3. The van der Waals surface area contributed by atoms with E-state index < -0.39 is 5.41 Å². The van der Waals surface area contributed by atoms with Crippen molar-refractivity contribution in [2.24, 2.45) is 0 Å². The Morgan fingerprint density at radius 2 is 0.982 bits per heavy atom. The molecule has 0 N–H and O–H groups in total. The zero-order valence-electron chi connectivity index (χ0n) is 30.0. The van der Waals surface area contributed by atoms with Crippen molar-refractivity contribution in [2.75, 3.05) is 0 Å². The van der Waals surface area contributed by atoms with Crippen LogP contribution >= 0.6 is 11.8 Å². The van der Waals surface area contributed by atoms with E-state index in [0.29, 0.717) is 23.0 Å². The van der Waals surface area contributed by atoms with Gasteiger partial charge in [0.2, 0.25) is 0 Å². The van der Waals surface area contributed by atoms with Crippen molar-refractivity contribution in [2.45, 2.75) is 15.2 Å². The second kappa shape index (κ2) is 12.7. The van der Waals surface area contributed by atoms with Gasteiger partial charge in [0, 0.05) is 26.5 Å². The number of nitrogens with zero attached hydrogens (tertiary/aromatic N) is 4. The Morgan fingerprint density at radius 1 is 0.429 bits per heavy atom. The van der Waals surface area contributed by atoms with Gasteiger partial charge in [0.25, 0.3) is 0 Å². The van der Waals surface area contributed by atoms with Crippen LogP contribution in [0.3, 0.4) is 0 Å². The number of hydrogen-bond donors (Lipinski definition) is 0. The molecule has 56 heavy (non-hydrogen) atoms. The molecular formula is C51H30N4S. The van der Waals surface area contributed by atoms with Gasteiger partial charge in [-0.15, -0.1) is 0 Å². The van der Waals surface area contributed by atoms with Gasteiger partial charge < -0.3 is 0 Å². The molecular weight excluding hydrogens is 701 g/mol. The third-order valence-corrected chi connectivity index (χ3v) is 12.4. The van der Waals surface area contributed by atoms with Crippen LogP contribution in [0.5, 0.6) is 0 Å². The van der Waals surface area contributed by atoms with Gasteiger partial charge in [0.05, 0.1) is 17.0 Å². The molecule has 1 aliphatic carbocycles. The highest BCUT2D eigenvalue weighted by Gasteiger charge is 2.50. The molecule has 0 fully saturated rings. The Labute approximate surface area is 328 Å². The quantitative estimate of drug-likeness (QED) is 0.180. The first kappa shape index (κ1) is 32.3. The molecule has 0 saturated heterocycles. The van der Waals surface area contributed by atoms with Crippen LogP contribution in [0.15, 0.2) is 192 Å². The van der Waals surface area contributed by atoms with E-state index in [2.05, 4.69) is 121 Å². The first-order valence-corrected chi connectivity index (χ1v) is 19.5. The summed E-state index contributed by atoms with van der Waals surface area (Å²) in [4.78, 5) is 17.2. The Hall–Kier alpha value is -7.13. The standard InChI is InChI=1S/C51H30N4S/c52-31-32-19-27-45-43(29-32)51(41-18-10-9-17-40(41)47-39-16-8-7-11-34(39)24-26-42(47)51)44-30-38(25-28-46(44)56-45)33-20-22-37(23-21-33)50-54-48(35-12-3-1-4-13-35)53-49(55-50)36-14-5-2-6-15-36/h1-30H. The van der Waals surface area contributed by atoms with Gasteiger partial charge in [-0.2, -0.15) is 5.26 Å². The van der Waals surface area contributed by atoms with E-state index in [1.807, 2.05) is 66.7 Å². The first-order valence-electron chi connectivity index (χ1n) is 18.7. The summed E-state index contributed by atoms with van der Waals surface area (Å²) < 4.78 is 0. The Balaban J connectivity index is 1.08. The average Bonchev–Trinajstić information content (AvgIpc) is 3.58. The summed E-state index contributed by atoms with van der Waals surface area (Å²) in [5, 5.41) is 12.6. The second-order valence-electron chi connectivity index (χ2n) is 14.3. The van der Waals surface area contributed by atoms with Crippen molar-refractivity contribution in [1.82, 2.24) is 15.0 Å². The minimum absolute atomic E-state index is 0.610. The summed E-state index contributed by atoms with van der Waals surface area (Å²) in [5.74, 6) is 1.91. The summed E-state index contributed by atoms with van der Waals surface area (Å²) in [5.41, 5.74) is 12.4. The van der Waals surface area contributed by atoms with Crippen molar-refractivity contribution in [1.29, 1.82) is 5.26 Å². The fourth-order valence-electron chi connectivity index (χ4n) is 8.71. The number of rotatable bonds is 4. The predicted molar refractivity (Wildman–Crippen MR) is 225 cm³/mol. The van der Waals surface area contributed by atoms with Crippen molar-refractivity contribution in [3.8, 4) is 62.5 Å². The summed E-state index contributed by atoms with van der Waals surface area (Å²) in [6, 6.07) is 66.3. The summed E-state index contributed by atoms with van der Waals surface area (Å²) >= 11 is 1.79. The molecule has 1 spiro atoms. The summed E-state index contributed by atoms with van der Waals surface area (Å²) in [6.45, 7) is 0. The average molecular weight is 731 g/mol. The van der Waals surface area contributed by atoms with Crippen molar-refractivity contribution in [3.63, 3.8) is 0 Å². The third-order valence-electron chi connectivity index (χ3n) is 11.2. The fraction of sp³-hybridized carbons (Fsp3) is 0.0196. The van der Waals surface area contributed by atoms with Crippen LogP contribution in [0.1, 0.15) is 27.8 Å². The first-order chi connectivity index (χ1) is 27.7. The zero-order valence-corrected chi connectivity index (χ0v) is 30.8. The van der Waals surface area contributed by atoms with E-state index in [1.54, 1.807) is 11.8 Å². The molecule has 2 aliphatic rings. The van der Waals surface area contributed by atoms with Gasteiger partial charge in [0.1, 0.15) is 0 Å². The highest BCUT2D eigenvalue weighted by molar-refractivity contribution is 7.99. The summed E-state index contributed by atoms with van der Waals surface area (Å²) in [6.07, 6.45) is 0.